The fourth-order valence-electron chi connectivity index (χ4n) is 3.53. The quantitative estimate of drug-likeness (QED) is 0.706. The van der Waals surface area contributed by atoms with Gasteiger partial charge in [0.05, 0.1) is 6.04 Å². The third kappa shape index (κ3) is 4.00. The van der Waals surface area contributed by atoms with Gasteiger partial charge in [0.15, 0.2) is 0 Å². The summed E-state index contributed by atoms with van der Waals surface area (Å²) >= 11 is 18.6. The van der Waals surface area contributed by atoms with Gasteiger partial charge in [-0.2, -0.15) is 0 Å². The van der Waals surface area contributed by atoms with E-state index < -0.39 is 0 Å². The zero-order chi connectivity index (χ0) is 17.1. The first-order valence-corrected chi connectivity index (χ1v) is 9.39. The van der Waals surface area contributed by atoms with Gasteiger partial charge in [0.2, 0.25) is 0 Å². The number of rotatable bonds is 4. The van der Waals surface area contributed by atoms with Crippen LogP contribution >= 0.6 is 34.8 Å². The molecule has 0 saturated carbocycles. The van der Waals surface area contributed by atoms with E-state index in [2.05, 4.69) is 17.0 Å². The molecule has 0 amide bonds. The minimum Gasteiger partial charge on any atom is -0.364 e. The van der Waals surface area contributed by atoms with Gasteiger partial charge in [-0.05, 0) is 73.7 Å². The molecule has 0 radical (unpaired) electrons. The molecule has 2 aromatic carbocycles. The molecule has 24 heavy (non-hydrogen) atoms. The standard InChI is InChI=1S/C19H21Cl3N2/c20-14-2-5-16(6-3-14)24-12-13(9-10-23)1-8-19(24)17-7-4-15(21)11-18(17)22/h2-7,11,13,19H,1,8-10,12,23H2. The third-order valence-corrected chi connectivity index (χ3v) is 5.55. The Balaban J connectivity index is 1.94. The molecule has 2 aromatic rings. The number of hydrogen-bond donors (Lipinski definition) is 1. The van der Waals surface area contributed by atoms with Crippen LogP contribution in [0.4, 0.5) is 5.69 Å². The van der Waals surface area contributed by atoms with Crippen molar-refractivity contribution in [2.75, 3.05) is 18.0 Å². The monoisotopic (exact) mass is 382 g/mol. The van der Waals surface area contributed by atoms with Gasteiger partial charge < -0.3 is 10.6 Å². The van der Waals surface area contributed by atoms with Crippen LogP contribution in [0.2, 0.25) is 15.1 Å². The summed E-state index contributed by atoms with van der Waals surface area (Å²) in [5.74, 6) is 0.605. The molecule has 2 unspecified atom stereocenters. The van der Waals surface area contributed by atoms with Crippen molar-refractivity contribution < 1.29 is 0 Å². The van der Waals surface area contributed by atoms with Crippen LogP contribution in [-0.2, 0) is 0 Å². The van der Waals surface area contributed by atoms with Crippen molar-refractivity contribution in [1.82, 2.24) is 0 Å². The van der Waals surface area contributed by atoms with E-state index in [1.165, 1.54) is 0 Å². The molecule has 1 aliphatic heterocycles. The molecule has 5 heteroatoms. The van der Waals surface area contributed by atoms with Crippen LogP contribution in [0.25, 0.3) is 0 Å². The lowest BCUT2D eigenvalue weighted by molar-refractivity contribution is 0.346. The lowest BCUT2D eigenvalue weighted by Crippen LogP contribution is -2.39. The van der Waals surface area contributed by atoms with E-state index >= 15 is 0 Å². The second-order valence-electron chi connectivity index (χ2n) is 6.33. The number of nitrogens with zero attached hydrogens (tertiary/aromatic N) is 1. The van der Waals surface area contributed by atoms with Crippen LogP contribution in [0.15, 0.2) is 42.5 Å². The Hall–Kier alpha value is -0.930. The average Bonchev–Trinajstić information content (AvgIpc) is 2.56. The molecule has 2 N–H and O–H groups in total. The molecule has 2 atom stereocenters. The first-order chi connectivity index (χ1) is 11.6. The minimum absolute atomic E-state index is 0.241. The zero-order valence-electron chi connectivity index (χ0n) is 13.4. The maximum atomic E-state index is 6.49. The van der Waals surface area contributed by atoms with Crippen molar-refractivity contribution in [1.29, 1.82) is 0 Å². The van der Waals surface area contributed by atoms with E-state index in [-0.39, 0.29) is 6.04 Å². The predicted molar refractivity (Wildman–Crippen MR) is 104 cm³/mol. The van der Waals surface area contributed by atoms with Gasteiger partial charge in [0.25, 0.3) is 0 Å². The summed E-state index contributed by atoms with van der Waals surface area (Å²) < 4.78 is 0. The molecular weight excluding hydrogens is 363 g/mol. The summed E-state index contributed by atoms with van der Waals surface area (Å²) in [6.07, 6.45) is 3.25. The van der Waals surface area contributed by atoms with Crippen LogP contribution in [0.5, 0.6) is 0 Å². The summed E-state index contributed by atoms with van der Waals surface area (Å²) in [5.41, 5.74) is 8.07. The van der Waals surface area contributed by atoms with Crippen molar-refractivity contribution in [2.45, 2.75) is 25.3 Å². The maximum Gasteiger partial charge on any atom is 0.0557 e. The van der Waals surface area contributed by atoms with Gasteiger partial charge in [0, 0.05) is 27.3 Å². The summed E-state index contributed by atoms with van der Waals surface area (Å²) in [7, 11) is 0. The highest BCUT2D eigenvalue weighted by Crippen LogP contribution is 2.41. The Kier molecular flexibility index (Phi) is 5.93. The normalized spacial score (nSPS) is 21.1. The van der Waals surface area contributed by atoms with E-state index in [9.17, 15) is 0 Å². The summed E-state index contributed by atoms with van der Waals surface area (Å²) in [6, 6.07) is 14.0. The van der Waals surface area contributed by atoms with Gasteiger partial charge >= 0.3 is 0 Å². The molecule has 128 valence electrons. The Bertz CT molecular complexity index is 688. The van der Waals surface area contributed by atoms with Gasteiger partial charge in [-0.15, -0.1) is 0 Å². The molecule has 0 aliphatic carbocycles. The van der Waals surface area contributed by atoms with E-state index in [0.29, 0.717) is 10.9 Å². The molecule has 3 rings (SSSR count). The van der Waals surface area contributed by atoms with E-state index in [1.54, 1.807) is 0 Å². The first-order valence-electron chi connectivity index (χ1n) is 8.25. The first kappa shape index (κ1) is 17.9. The predicted octanol–water partition coefficient (Wildman–Crippen LogP) is 5.95. The van der Waals surface area contributed by atoms with Crippen molar-refractivity contribution in [3.63, 3.8) is 0 Å². The van der Waals surface area contributed by atoms with Crippen molar-refractivity contribution in [2.24, 2.45) is 11.7 Å². The SMILES string of the molecule is NCCC1CCC(c2ccc(Cl)cc2Cl)N(c2ccc(Cl)cc2)C1. The second-order valence-corrected chi connectivity index (χ2v) is 7.61. The molecule has 1 fully saturated rings. The Morgan fingerprint density at radius 1 is 0.958 bits per heavy atom. The van der Waals surface area contributed by atoms with Crippen LogP contribution in [0, 0.1) is 5.92 Å². The van der Waals surface area contributed by atoms with E-state index in [0.717, 1.165) is 53.6 Å². The van der Waals surface area contributed by atoms with Crippen LogP contribution < -0.4 is 10.6 Å². The fraction of sp³-hybridized carbons (Fsp3) is 0.368. The summed E-state index contributed by atoms with van der Waals surface area (Å²) in [6.45, 7) is 1.70. The number of piperidine rings is 1. The zero-order valence-corrected chi connectivity index (χ0v) is 15.7. The van der Waals surface area contributed by atoms with Gasteiger partial charge in [-0.3, -0.25) is 0 Å². The number of nitrogens with two attached hydrogens (primary N) is 1. The van der Waals surface area contributed by atoms with Crippen molar-refractivity contribution in [3.8, 4) is 0 Å². The number of halogens is 3. The Morgan fingerprint density at radius 3 is 2.33 bits per heavy atom. The van der Waals surface area contributed by atoms with E-state index in [4.69, 9.17) is 40.5 Å². The van der Waals surface area contributed by atoms with Crippen LogP contribution in [-0.4, -0.2) is 13.1 Å². The number of hydrogen-bond acceptors (Lipinski definition) is 2. The largest absolute Gasteiger partial charge is 0.364 e. The Morgan fingerprint density at radius 2 is 1.67 bits per heavy atom. The van der Waals surface area contributed by atoms with Gasteiger partial charge in [-0.25, -0.2) is 0 Å². The van der Waals surface area contributed by atoms with Crippen LogP contribution in [0.1, 0.15) is 30.9 Å². The van der Waals surface area contributed by atoms with Gasteiger partial charge in [-0.1, -0.05) is 40.9 Å². The Labute approximate surface area is 158 Å². The second kappa shape index (κ2) is 7.97. The smallest absolute Gasteiger partial charge is 0.0557 e. The molecule has 2 nitrogen and oxygen atoms in total. The summed E-state index contributed by atoms with van der Waals surface area (Å²) in [5, 5.41) is 2.14. The third-order valence-electron chi connectivity index (χ3n) is 4.73. The van der Waals surface area contributed by atoms with E-state index in [1.807, 2.05) is 30.3 Å². The number of anilines is 1. The lowest BCUT2D eigenvalue weighted by Gasteiger charge is -2.42. The highest BCUT2D eigenvalue weighted by molar-refractivity contribution is 6.35. The molecule has 0 spiro atoms. The highest BCUT2D eigenvalue weighted by atomic mass is 35.5. The molecule has 1 aliphatic rings. The van der Waals surface area contributed by atoms with Crippen LogP contribution in [0.3, 0.4) is 0 Å². The van der Waals surface area contributed by atoms with Crippen molar-refractivity contribution >= 4 is 40.5 Å². The minimum atomic E-state index is 0.241. The summed E-state index contributed by atoms with van der Waals surface area (Å²) in [4.78, 5) is 2.43. The van der Waals surface area contributed by atoms with Gasteiger partial charge in [0.1, 0.15) is 0 Å². The number of benzene rings is 2. The molecule has 1 saturated heterocycles. The van der Waals surface area contributed by atoms with Crippen molar-refractivity contribution in [3.05, 3.63) is 63.1 Å². The maximum absolute atomic E-state index is 6.49. The fourth-order valence-corrected chi connectivity index (χ4v) is 4.19. The molecule has 1 heterocycles. The molecular formula is C19H21Cl3N2. The molecule has 0 aromatic heterocycles. The average molecular weight is 384 g/mol. The highest BCUT2D eigenvalue weighted by Gasteiger charge is 2.30. The molecule has 0 bridgehead atoms. The lowest BCUT2D eigenvalue weighted by atomic mass is 9.86. The topological polar surface area (TPSA) is 29.3 Å².